The summed E-state index contributed by atoms with van der Waals surface area (Å²) >= 11 is 0. The van der Waals surface area contributed by atoms with E-state index in [9.17, 15) is 13.2 Å². The van der Waals surface area contributed by atoms with Gasteiger partial charge in [0.1, 0.15) is 5.82 Å². The van der Waals surface area contributed by atoms with Gasteiger partial charge in [0, 0.05) is 11.8 Å². The van der Waals surface area contributed by atoms with E-state index in [1.54, 1.807) is 0 Å². The molecular weight excluding hydrogens is 229 g/mol. The highest BCUT2D eigenvalue weighted by Gasteiger charge is 2.18. The van der Waals surface area contributed by atoms with Crippen molar-refractivity contribution in [1.82, 2.24) is 0 Å². The Kier molecular flexibility index (Phi) is 2.67. The summed E-state index contributed by atoms with van der Waals surface area (Å²) in [6, 6.07) is 6.52. The molecule has 0 aliphatic rings. The fourth-order valence-electron chi connectivity index (χ4n) is 1.53. The van der Waals surface area contributed by atoms with Crippen LogP contribution in [0, 0.1) is 17.5 Å². The predicted molar refractivity (Wildman–Crippen MR) is 60.6 cm³/mol. The topological polar surface area (TPSA) is 52.0 Å². The number of nitrogens with two attached hydrogens (primary N) is 2. The van der Waals surface area contributed by atoms with Crippen LogP contribution in [0.3, 0.4) is 0 Å². The van der Waals surface area contributed by atoms with Crippen molar-refractivity contribution in [1.29, 1.82) is 0 Å². The largest absolute Gasteiger partial charge is 0.399 e. The average Bonchev–Trinajstić information content (AvgIpc) is 2.29. The van der Waals surface area contributed by atoms with Crippen molar-refractivity contribution >= 4 is 11.4 Å². The summed E-state index contributed by atoms with van der Waals surface area (Å²) in [6.07, 6.45) is 0. The normalized spacial score (nSPS) is 10.5. The van der Waals surface area contributed by atoms with Gasteiger partial charge in [-0.25, -0.2) is 13.2 Å². The van der Waals surface area contributed by atoms with Crippen molar-refractivity contribution in [3.8, 4) is 11.1 Å². The maximum atomic E-state index is 13.6. The molecule has 4 N–H and O–H groups in total. The second-order valence-electron chi connectivity index (χ2n) is 3.57. The van der Waals surface area contributed by atoms with E-state index in [1.165, 1.54) is 24.3 Å². The Balaban J connectivity index is 2.67. The molecule has 0 heterocycles. The Morgan fingerprint density at radius 3 is 2.00 bits per heavy atom. The molecule has 0 amide bonds. The van der Waals surface area contributed by atoms with Gasteiger partial charge < -0.3 is 11.5 Å². The van der Waals surface area contributed by atoms with E-state index < -0.39 is 28.7 Å². The van der Waals surface area contributed by atoms with Gasteiger partial charge in [-0.1, -0.05) is 12.1 Å². The standard InChI is InChI=1S/C12H9F3N2/c13-8-5-9(17)11(14)12(15)10(8)6-1-3-7(16)4-2-6/h1-5H,16-17H2. The molecule has 88 valence electrons. The van der Waals surface area contributed by atoms with E-state index in [0.717, 1.165) is 6.07 Å². The maximum Gasteiger partial charge on any atom is 0.182 e. The number of anilines is 2. The van der Waals surface area contributed by atoms with Gasteiger partial charge in [-0.05, 0) is 17.7 Å². The van der Waals surface area contributed by atoms with Crippen LogP contribution in [-0.4, -0.2) is 0 Å². The molecule has 0 spiro atoms. The minimum Gasteiger partial charge on any atom is -0.399 e. The van der Waals surface area contributed by atoms with Crippen molar-refractivity contribution in [2.45, 2.75) is 0 Å². The van der Waals surface area contributed by atoms with Crippen molar-refractivity contribution < 1.29 is 13.2 Å². The summed E-state index contributed by atoms with van der Waals surface area (Å²) < 4.78 is 40.4. The highest BCUT2D eigenvalue weighted by Crippen LogP contribution is 2.30. The van der Waals surface area contributed by atoms with Gasteiger partial charge in [-0.15, -0.1) is 0 Å². The molecule has 2 aromatic carbocycles. The zero-order valence-corrected chi connectivity index (χ0v) is 8.68. The van der Waals surface area contributed by atoms with E-state index in [2.05, 4.69) is 0 Å². The van der Waals surface area contributed by atoms with Gasteiger partial charge in [0.25, 0.3) is 0 Å². The SMILES string of the molecule is Nc1ccc(-c2c(F)cc(N)c(F)c2F)cc1. The van der Waals surface area contributed by atoms with E-state index >= 15 is 0 Å². The fourth-order valence-corrected chi connectivity index (χ4v) is 1.53. The van der Waals surface area contributed by atoms with Crippen LogP contribution < -0.4 is 11.5 Å². The minimum atomic E-state index is -1.30. The summed E-state index contributed by atoms with van der Waals surface area (Å²) in [6.45, 7) is 0. The van der Waals surface area contributed by atoms with E-state index in [0.29, 0.717) is 5.69 Å². The molecule has 0 bridgehead atoms. The quantitative estimate of drug-likeness (QED) is 0.592. The third-order valence-corrected chi connectivity index (χ3v) is 2.39. The lowest BCUT2D eigenvalue weighted by Gasteiger charge is -2.08. The Morgan fingerprint density at radius 2 is 1.41 bits per heavy atom. The van der Waals surface area contributed by atoms with Crippen LogP contribution in [0.15, 0.2) is 30.3 Å². The number of halogens is 3. The van der Waals surface area contributed by atoms with E-state index in [1.807, 2.05) is 0 Å². The Labute approximate surface area is 95.7 Å². The molecule has 5 heteroatoms. The second-order valence-corrected chi connectivity index (χ2v) is 3.57. The first kappa shape index (κ1) is 11.3. The second kappa shape index (κ2) is 4.01. The lowest BCUT2D eigenvalue weighted by Crippen LogP contribution is -2.00. The van der Waals surface area contributed by atoms with Gasteiger partial charge >= 0.3 is 0 Å². The summed E-state index contributed by atoms with van der Waals surface area (Å²) in [5.74, 6) is -3.46. The van der Waals surface area contributed by atoms with Gasteiger partial charge in [-0.2, -0.15) is 0 Å². The smallest absolute Gasteiger partial charge is 0.182 e. The van der Waals surface area contributed by atoms with E-state index in [-0.39, 0.29) is 5.56 Å². The summed E-state index contributed by atoms with van der Waals surface area (Å²) in [4.78, 5) is 0. The Hall–Kier alpha value is -2.17. The zero-order valence-electron chi connectivity index (χ0n) is 8.68. The van der Waals surface area contributed by atoms with Crippen LogP contribution >= 0.6 is 0 Å². The molecule has 0 aromatic heterocycles. The van der Waals surface area contributed by atoms with Crippen molar-refractivity contribution in [2.24, 2.45) is 0 Å². The van der Waals surface area contributed by atoms with Gasteiger partial charge in [0.2, 0.25) is 0 Å². The number of benzene rings is 2. The number of hydrogen-bond donors (Lipinski definition) is 2. The molecular formula is C12H9F3N2. The molecule has 0 aliphatic carbocycles. The highest BCUT2D eigenvalue weighted by atomic mass is 19.2. The first-order valence-electron chi connectivity index (χ1n) is 4.79. The molecule has 0 radical (unpaired) electrons. The zero-order chi connectivity index (χ0) is 12.6. The van der Waals surface area contributed by atoms with Crippen molar-refractivity contribution in [3.05, 3.63) is 47.8 Å². The van der Waals surface area contributed by atoms with Crippen LogP contribution in [0.5, 0.6) is 0 Å². The minimum absolute atomic E-state index is 0.202. The molecule has 17 heavy (non-hydrogen) atoms. The molecule has 0 saturated carbocycles. The first-order valence-corrected chi connectivity index (χ1v) is 4.79. The van der Waals surface area contributed by atoms with Crippen molar-refractivity contribution in [3.63, 3.8) is 0 Å². The van der Waals surface area contributed by atoms with Crippen LogP contribution in [0.2, 0.25) is 0 Å². The average molecular weight is 238 g/mol. The third-order valence-electron chi connectivity index (χ3n) is 2.39. The first-order chi connectivity index (χ1) is 8.00. The van der Waals surface area contributed by atoms with Gasteiger partial charge in [-0.3, -0.25) is 0 Å². The lowest BCUT2D eigenvalue weighted by atomic mass is 10.0. The summed E-state index contributed by atoms with van der Waals surface area (Å²) in [7, 11) is 0. The maximum absolute atomic E-state index is 13.6. The third kappa shape index (κ3) is 1.91. The molecule has 2 nitrogen and oxygen atoms in total. The van der Waals surface area contributed by atoms with Crippen LogP contribution in [0.4, 0.5) is 24.5 Å². The van der Waals surface area contributed by atoms with Crippen molar-refractivity contribution in [2.75, 3.05) is 11.5 Å². The fraction of sp³-hybridized carbons (Fsp3) is 0. The number of hydrogen-bond acceptors (Lipinski definition) is 2. The molecule has 0 aliphatic heterocycles. The number of rotatable bonds is 1. The monoisotopic (exact) mass is 238 g/mol. The molecule has 0 atom stereocenters. The van der Waals surface area contributed by atoms with Crippen LogP contribution in [-0.2, 0) is 0 Å². The van der Waals surface area contributed by atoms with Gasteiger partial charge in [0.05, 0.1) is 11.3 Å². The molecule has 0 saturated heterocycles. The predicted octanol–water partition coefficient (Wildman–Crippen LogP) is 2.94. The Morgan fingerprint density at radius 1 is 0.824 bits per heavy atom. The molecule has 2 rings (SSSR count). The molecule has 0 fully saturated rings. The van der Waals surface area contributed by atoms with Crippen LogP contribution in [0.25, 0.3) is 11.1 Å². The molecule has 2 aromatic rings. The molecule has 0 unspecified atom stereocenters. The lowest BCUT2D eigenvalue weighted by molar-refractivity contribution is 0.502. The van der Waals surface area contributed by atoms with E-state index in [4.69, 9.17) is 11.5 Å². The van der Waals surface area contributed by atoms with Gasteiger partial charge in [0.15, 0.2) is 11.6 Å². The highest BCUT2D eigenvalue weighted by molar-refractivity contribution is 5.69. The number of nitrogen functional groups attached to an aromatic ring is 2. The summed E-state index contributed by atoms with van der Waals surface area (Å²) in [5, 5.41) is 0. The Bertz CT molecular complexity index is 565. The summed E-state index contributed by atoms with van der Waals surface area (Å²) in [5.41, 5.74) is 10.2. The van der Waals surface area contributed by atoms with Crippen LogP contribution in [0.1, 0.15) is 0 Å².